The molecule has 0 radical (unpaired) electrons. The summed E-state index contributed by atoms with van der Waals surface area (Å²) in [5.41, 5.74) is 0.498. The Kier molecular flexibility index (Phi) is 3.22. The molecule has 1 aromatic carbocycles. The fourth-order valence-corrected chi connectivity index (χ4v) is 2.58. The van der Waals surface area contributed by atoms with E-state index < -0.39 is 11.4 Å². The van der Waals surface area contributed by atoms with E-state index in [1.165, 1.54) is 12.3 Å². The summed E-state index contributed by atoms with van der Waals surface area (Å²) in [7, 11) is 0. The maximum Gasteiger partial charge on any atom is 0.341 e. The van der Waals surface area contributed by atoms with Gasteiger partial charge in [-0.1, -0.05) is 11.6 Å². The number of aromatic carboxylic acids is 1. The van der Waals surface area contributed by atoms with Crippen LogP contribution in [0.4, 0.5) is 0 Å². The third-order valence-corrected chi connectivity index (χ3v) is 3.72. The number of pyridine rings is 1. The van der Waals surface area contributed by atoms with Crippen LogP contribution in [0.2, 0.25) is 5.02 Å². The Labute approximate surface area is 125 Å². The van der Waals surface area contributed by atoms with Gasteiger partial charge in [-0.05, 0) is 25.1 Å². The number of carbonyl (C=O) groups is 1. The quantitative estimate of drug-likeness (QED) is 0.879. The molecule has 1 N–H and O–H groups in total. The second-order valence-corrected chi connectivity index (χ2v) is 5.39. The summed E-state index contributed by atoms with van der Waals surface area (Å²) in [4.78, 5) is 23.1. The average Bonchev–Trinajstić information content (AvgIpc) is 2.56. The molecule has 0 amide bonds. The monoisotopic (exact) mass is 305 g/mol. The zero-order valence-electron chi connectivity index (χ0n) is 11.2. The third kappa shape index (κ3) is 2.29. The largest absolute Gasteiger partial charge is 0.491 e. The maximum atomic E-state index is 12.0. The molecule has 0 aliphatic carbocycles. The average molecular weight is 306 g/mol. The van der Waals surface area contributed by atoms with Crippen LogP contribution >= 0.6 is 11.6 Å². The number of rotatable bonds is 1. The van der Waals surface area contributed by atoms with Crippen molar-refractivity contribution in [3.63, 3.8) is 0 Å². The molecule has 1 aromatic heterocycles. The second kappa shape index (κ2) is 4.93. The highest BCUT2D eigenvalue weighted by atomic mass is 35.5. The van der Waals surface area contributed by atoms with Gasteiger partial charge in [0.15, 0.2) is 5.43 Å². The van der Waals surface area contributed by atoms with Gasteiger partial charge in [0.1, 0.15) is 17.9 Å². The number of fused-ring (bicyclic) bond motifs is 3. The minimum Gasteiger partial charge on any atom is -0.491 e. The van der Waals surface area contributed by atoms with Crippen molar-refractivity contribution in [2.45, 2.75) is 13.0 Å². The summed E-state index contributed by atoms with van der Waals surface area (Å²) in [5, 5.41) is 9.62. The highest BCUT2D eigenvalue weighted by Gasteiger charge is 2.22. The minimum absolute atomic E-state index is 0.107. The SMILES string of the molecule is C[C@@H]1COc2ccc(Cl)cc2-c2cc(=O)c(C(=O)O)cn21. The molecular weight excluding hydrogens is 294 g/mol. The van der Waals surface area contributed by atoms with Crippen molar-refractivity contribution >= 4 is 17.6 Å². The summed E-state index contributed by atoms with van der Waals surface area (Å²) in [5.74, 6) is -0.612. The Morgan fingerprint density at radius 2 is 2.19 bits per heavy atom. The molecule has 0 spiro atoms. The first kappa shape index (κ1) is 13.7. The van der Waals surface area contributed by atoms with E-state index >= 15 is 0 Å². The molecule has 1 aliphatic heterocycles. The Hall–Kier alpha value is -2.27. The van der Waals surface area contributed by atoms with Crippen molar-refractivity contribution in [3.05, 3.63) is 51.3 Å². The number of nitrogens with zero attached hydrogens (tertiary/aromatic N) is 1. The molecule has 0 saturated heterocycles. The third-order valence-electron chi connectivity index (χ3n) is 3.48. The van der Waals surface area contributed by atoms with Crippen molar-refractivity contribution in [1.82, 2.24) is 4.57 Å². The number of hydrogen-bond acceptors (Lipinski definition) is 3. The second-order valence-electron chi connectivity index (χ2n) is 4.95. The number of aromatic nitrogens is 1. The molecular formula is C15H12ClNO4. The van der Waals surface area contributed by atoms with Gasteiger partial charge in [-0.15, -0.1) is 0 Å². The van der Waals surface area contributed by atoms with Crippen LogP contribution in [0.1, 0.15) is 23.3 Å². The summed E-state index contributed by atoms with van der Waals surface area (Å²) in [6.45, 7) is 2.27. The Morgan fingerprint density at radius 1 is 1.43 bits per heavy atom. The van der Waals surface area contributed by atoms with Crippen LogP contribution in [-0.4, -0.2) is 22.2 Å². The highest BCUT2D eigenvalue weighted by Crippen LogP contribution is 2.36. The first-order valence-corrected chi connectivity index (χ1v) is 6.77. The lowest BCUT2D eigenvalue weighted by molar-refractivity contribution is 0.0694. The topological polar surface area (TPSA) is 68.5 Å². The van der Waals surface area contributed by atoms with Crippen LogP contribution in [0, 0.1) is 0 Å². The van der Waals surface area contributed by atoms with Gasteiger partial charge in [-0.25, -0.2) is 4.79 Å². The van der Waals surface area contributed by atoms with E-state index in [1.54, 1.807) is 22.8 Å². The minimum atomic E-state index is -1.24. The van der Waals surface area contributed by atoms with Gasteiger partial charge in [0.25, 0.3) is 0 Å². The van der Waals surface area contributed by atoms with E-state index in [4.69, 9.17) is 21.4 Å². The Bertz CT molecular complexity index is 797. The normalized spacial score (nSPS) is 16.4. The van der Waals surface area contributed by atoms with E-state index in [0.717, 1.165) is 0 Å². The fourth-order valence-electron chi connectivity index (χ4n) is 2.41. The molecule has 0 bridgehead atoms. The summed E-state index contributed by atoms with van der Waals surface area (Å²) < 4.78 is 7.45. The van der Waals surface area contributed by atoms with E-state index in [1.807, 2.05) is 6.92 Å². The summed E-state index contributed by atoms with van der Waals surface area (Å²) >= 11 is 6.02. The van der Waals surface area contributed by atoms with Crippen LogP contribution < -0.4 is 10.2 Å². The number of ether oxygens (including phenoxy) is 1. The molecule has 21 heavy (non-hydrogen) atoms. The number of carboxylic acids is 1. The predicted molar refractivity (Wildman–Crippen MR) is 78.3 cm³/mol. The van der Waals surface area contributed by atoms with Crippen LogP contribution in [0.15, 0.2) is 35.3 Å². The Morgan fingerprint density at radius 3 is 2.90 bits per heavy atom. The summed E-state index contributed by atoms with van der Waals surface area (Å²) in [6.07, 6.45) is 1.37. The molecule has 0 unspecified atom stereocenters. The van der Waals surface area contributed by atoms with Gasteiger partial charge < -0.3 is 14.4 Å². The molecule has 0 fully saturated rings. The molecule has 1 atom stereocenters. The highest BCUT2D eigenvalue weighted by molar-refractivity contribution is 6.31. The molecule has 0 saturated carbocycles. The van der Waals surface area contributed by atoms with Crippen LogP contribution in [0.25, 0.3) is 11.3 Å². The molecule has 1 aliphatic rings. The standard InChI is InChI=1S/C15H12ClNO4/c1-8-7-21-14-3-2-9(16)4-10(14)12-5-13(18)11(15(19)20)6-17(8)12/h2-6,8H,7H2,1H3,(H,19,20)/t8-/m1/s1. The van der Waals surface area contributed by atoms with Gasteiger partial charge in [0.2, 0.25) is 0 Å². The summed E-state index contributed by atoms with van der Waals surface area (Å²) in [6, 6.07) is 6.38. The first-order valence-electron chi connectivity index (χ1n) is 6.39. The number of halogens is 1. The van der Waals surface area contributed by atoms with Gasteiger partial charge in [-0.2, -0.15) is 0 Å². The van der Waals surface area contributed by atoms with Gasteiger partial charge in [0.05, 0.1) is 11.7 Å². The lowest BCUT2D eigenvalue weighted by Crippen LogP contribution is -2.21. The van der Waals surface area contributed by atoms with E-state index in [2.05, 4.69) is 0 Å². The number of benzene rings is 1. The number of carboxylic acid groups (broad SMARTS) is 1. The molecule has 2 aromatic rings. The Balaban J connectivity index is 2.33. The zero-order chi connectivity index (χ0) is 15.1. The van der Waals surface area contributed by atoms with Crippen LogP contribution in [0.5, 0.6) is 5.75 Å². The van der Waals surface area contributed by atoms with Crippen molar-refractivity contribution in [2.75, 3.05) is 6.61 Å². The van der Waals surface area contributed by atoms with Crippen molar-refractivity contribution in [1.29, 1.82) is 0 Å². The maximum absolute atomic E-state index is 12.0. The van der Waals surface area contributed by atoms with E-state index in [-0.39, 0.29) is 11.6 Å². The van der Waals surface area contributed by atoms with Crippen molar-refractivity contribution in [2.24, 2.45) is 0 Å². The van der Waals surface area contributed by atoms with Gasteiger partial charge in [-0.3, -0.25) is 4.79 Å². The van der Waals surface area contributed by atoms with Crippen LogP contribution in [-0.2, 0) is 0 Å². The molecule has 6 heteroatoms. The smallest absolute Gasteiger partial charge is 0.341 e. The van der Waals surface area contributed by atoms with E-state index in [0.29, 0.717) is 28.6 Å². The number of hydrogen-bond donors (Lipinski definition) is 1. The molecule has 2 heterocycles. The lowest BCUT2D eigenvalue weighted by atomic mass is 10.1. The lowest BCUT2D eigenvalue weighted by Gasteiger charge is -2.17. The molecule has 5 nitrogen and oxygen atoms in total. The predicted octanol–water partition coefficient (Wildman–Crippen LogP) is 2.82. The van der Waals surface area contributed by atoms with Crippen LogP contribution in [0.3, 0.4) is 0 Å². The molecule has 108 valence electrons. The van der Waals surface area contributed by atoms with Crippen molar-refractivity contribution in [3.8, 4) is 17.0 Å². The van der Waals surface area contributed by atoms with E-state index in [9.17, 15) is 9.59 Å². The molecule has 3 rings (SSSR count). The van der Waals surface area contributed by atoms with Gasteiger partial charge >= 0.3 is 5.97 Å². The van der Waals surface area contributed by atoms with Gasteiger partial charge in [0, 0.05) is 22.8 Å². The zero-order valence-corrected chi connectivity index (χ0v) is 11.9. The first-order chi connectivity index (χ1) is 9.97. The van der Waals surface area contributed by atoms with Crippen molar-refractivity contribution < 1.29 is 14.6 Å². The fraction of sp³-hybridized carbons (Fsp3) is 0.200.